The van der Waals surface area contributed by atoms with E-state index in [0.29, 0.717) is 18.2 Å². The zero-order chi connectivity index (χ0) is 14.7. The number of hydrogen-bond acceptors (Lipinski definition) is 7. The monoisotopic (exact) mass is 297 g/mol. The maximum Gasteiger partial charge on any atom is 0.358 e. The van der Waals surface area contributed by atoms with E-state index in [1.165, 1.54) is 14.0 Å². The third-order valence-electron chi connectivity index (χ3n) is 2.85. The van der Waals surface area contributed by atoms with Gasteiger partial charge in [-0.2, -0.15) is 0 Å². The van der Waals surface area contributed by atoms with Crippen LogP contribution in [0.3, 0.4) is 0 Å². The van der Waals surface area contributed by atoms with Gasteiger partial charge in [0, 0.05) is 20.0 Å². The molecule has 0 atom stereocenters. The molecular weight excluding hydrogens is 282 g/mol. The molecule has 108 valence electrons. The summed E-state index contributed by atoms with van der Waals surface area (Å²) in [5.41, 5.74) is 0.0182. The van der Waals surface area contributed by atoms with E-state index in [0.717, 1.165) is 17.8 Å². The molecule has 2 rings (SSSR count). The quantitative estimate of drug-likeness (QED) is 0.644. The molecule has 7 nitrogen and oxygen atoms in total. The largest absolute Gasteiger partial charge is 0.464 e. The molecule has 0 unspecified atom stereocenters. The Morgan fingerprint density at radius 1 is 1.45 bits per heavy atom. The summed E-state index contributed by atoms with van der Waals surface area (Å²) in [4.78, 5) is 41.0. The van der Waals surface area contributed by atoms with Crippen molar-refractivity contribution in [1.29, 1.82) is 0 Å². The van der Waals surface area contributed by atoms with Crippen molar-refractivity contribution < 1.29 is 19.1 Å². The summed E-state index contributed by atoms with van der Waals surface area (Å²) in [6.07, 6.45) is 0.786. The zero-order valence-electron chi connectivity index (χ0n) is 11.3. The van der Waals surface area contributed by atoms with Crippen molar-refractivity contribution in [2.45, 2.75) is 13.3 Å². The van der Waals surface area contributed by atoms with Crippen LogP contribution in [-0.4, -0.2) is 49.4 Å². The predicted molar refractivity (Wildman–Crippen MR) is 73.3 cm³/mol. The van der Waals surface area contributed by atoms with Crippen LogP contribution in [0.1, 0.15) is 33.5 Å². The van der Waals surface area contributed by atoms with Crippen molar-refractivity contribution in [2.75, 3.05) is 31.6 Å². The molecule has 0 saturated carbocycles. The highest BCUT2D eigenvalue weighted by Gasteiger charge is 2.25. The van der Waals surface area contributed by atoms with Gasteiger partial charge < -0.3 is 15.0 Å². The summed E-state index contributed by atoms with van der Waals surface area (Å²) >= 11 is 1.11. The third-order valence-corrected chi connectivity index (χ3v) is 4.06. The highest BCUT2D eigenvalue weighted by Crippen LogP contribution is 2.27. The first-order chi connectivity index (χ1) is 9.52. The van der Waals surface area contributed by atoms with Crippen LogP contribution in [0.2, 0.25) is 0 Å². The van der Waals surface area contributed by atoms with Crippen molar-refractivity contribution in [3.8, 4) is 0 Å². The van der Waals surface area contributed by atoms with Gasteiger partial charge in [-0.25, -0.2) is 9.78 Å². The van der Waals surface area contributed by atoms with E-state index in [1.54, 1.807) is 4.90 Å². The number of ketones is 1. The number of thiazole rings is 1. The van der Waals surface area contributed by atoms with Crippen LogP contribution < -0.4 is 10.2 Å². The molecule has 1 aliphatic rings. The molecule has 1 aromatic rings. The molecule has 1 amide bonds. The van der Waals surface area contributed by atoms with Crippen LogP contribution in [0.25, 0.3) is 0 Å². The molecule has 1 fully saturated rings. The van der Waals surface area contributed by atoms with Gasteiger partial charge in [0.05, 0.1) is 13.7 Å². The number of hydrogen-bond donors (Lipinski definition) is 1. The number of nitrogens with zero attached hydrogens (tertiary/aromatic N) is 2. The van der Waals surface area contributed by atoms with Crippen molar-refractivity contribution in [3.05, 3.63) is 10.6 Å². The highest BCUT2D eigenvalue weighted by molar-refractivity contribution is 7.17. The lowest BCUT2D eigenvalue weighted by Crippen LogP contribution is -2.33. The number of carbonyl (C=O) groups is 3. The third kappa shape index (κ3) is 2.96. The second-order valence-corrected chi connectivity index (χ2v) is 5.32. The van der Waals surface area contributed by atoms with Gasteiger partial charge in [-0.1, -0.05) is 11.3 Å². The minimum Gasteiger partial charge on any atom is -0.464 e. The van der Waals surface area contributed by atoms with E-state index in [-0.39, 0.29) is 28.8 Å². The number of ether oxygens (including phenoxy) is 1. The average Bonchev–Trinajstić information content (AvgIpc) is 2.75. The van der Waals surface area contributed by atoms with Crippen molar-refractivity contribution in [3.63, 3.8) is 0 Å². The average molecular weight is 297 g/mol. The summed E-state index contributed by atoms with van der Waals surface area (Å²) in [6.45, 7) is 2.80. The molecule has 8 heteroatoms. The normalized spacial score (nSPS) is 15.5. The smallest absolute Gasteiger partial charge is 0.358 e. The van der Waals surface area contributed by atoms with Gasteiger partial charge in [0.2, 0.25) is 5.91 Å². The van der Waals surface area contributed by atoms with Crippen LogP contribution in [-0.2, 0) is 9.53 Å². The van der Waals surface area contributed by atoms with Gasteiger partial charge in [-0.15, -0.1) is 0 Å². The molecule has 0 bridgehead atoms. The first-order valence-corrected chi connectivity index (χ1v) is 6.96. The van der Waals surface area contributed by atoms with Gasteiger partial charge in [-0.3, -0.25) is 9.59 Å². The van der Waals surface area contributed by atoms with Crippen LogP contribution in [0.5, 0.6) is 0 Å². The Labute approximate surface area is 119 Å². The first kappa shape index (κ1) is 14.4. The molecule has 1 N–H and O–H groups in total. The molecule has 20 heavy (non-hydrogen) atoms. The zero-order valence-corrected chi connectivity index (χ0v) is 12.1. The number of esters is 1. The number of anilines is 1. The van der Waals surface area contributed by atoms with Gasteiger partial charge in [0.15, 0.2) is 16.6 Å². The maximum atomic E-state index is 11.6. The van der Waals surface area contributed by atoms with Crippen LogP contribution >= 0.6 is 11.3 Å². The number of methoxy groups -OCH3 is 1. The van der Waals surface area contributed by atoms with Crippen LogP contribution in [0.4, 0.5) is 5.13 Å². The topological polar surface area (TPSA) is 88.6 Å². The Morgan fingerprint density at radius 2 is 2.20 bits per heavy atom. The van der Waals surface area contributed by atoms with Crippen molar-refractivity contribution in [2.24, 2.45) is 0 Å². The molecule has 1 aliphatic heterocycles. The van der Waals surface area contributed by atoms with Gasteiger partial charge in [0.25, 0.3) is 0 Å². The SMILES string of the molecule is COC(=O)c1nc(N2CCCNC(=O)C2)sc1C(C)=O. The Hall–Kier alpha value is -1.96. The molecule has 2 heterocycles. The number of aromatic nitrogens is 1. The Morgan fingerprint density at radius 3 is 2.85 bits per heavy atom. The van der Waals surface area contributed by atoms with E-state index in [1.807, 2.05) is 0 Å². The van der Waals surface area contributed by atoms with Gasteiger partial charge in [-0.05, 0) is 6.42 Å². The van der Waals surface area contributed by atoms with Gasteiger partial charge in [0.1, 0.15) is 4.88 Å². The summed E-state index contributed by atoms with van der Waals surface area (Å²) in [5, 5.41) is 3.25. The molecule has 1 aromatic heterocycles. The van der Waals surface area contributed by atoms with E-state index < -0.39 is 5.97 Å². The summed E-state index contributed by atoms with van der Waals surface area (Å²) in [6, 6.07) is 0. The molecular formula is C12H15N3O4S. The summed E-state index contributed by atoms with van der Waals surface area (Å²) in [7, 11) is 1.24. The second-order valence-electron chi connectivity index (χ2n) is 4.35. The molecule has 1 saturated heterocycles. The van der Waals surface area contributed by atoms with E-state index >= 15 is 0 Å². The summed E-state index contributed by atoms with van der Waals surface area (Å²) < 4.78 is 4.63. The second kappa shape index (κ2) is 6.00. The number of rotatable bonds is 3. The molecule has 0 spiro atoms. The fraction of sp³-hybridized carbons (Fsp3) is 0.500. The lowest BCUT2D eigenvalue weighted by atomic mass is 10.3. The fourth-order valence-corrected chi connectivity index (χ4v) is 2.86. The van der Waals surface area contributed by atoms with Crippen LogP contribution in [0.15, 0.2) is 0 Å². The number of Topliss-reactive ketones (excluding diaryl/α,β-unsaturated/α-hetero) is 1. The van der Waals surface area contributed by atoms with Crippen molar-refractivity contribution >= 4 is 34.1 Å². The maximum absolute atomic E-state index is 11.6. The lowest BCUT2D eigenvalue weighted by Gasteiger charge is -2.16. The minimum absolute atomic E-state index is 0.0182. The van der Waals surface area contributed by atoms with E-state index in [2.05, 4.69) is 15.0 Å². The molecule has 0 radical (unpaired) electrons. The van der Waals surface area contributed by atoms with E-state index in [9.17, 15) is 14.4 Å². The Bertz CT molecular complexity index is 555. The first-order valence-electron chi connectivity index (χ1n) is 6.14. The minimum atomic E-state index is -0.642. The number of amides is 1. The summed E-state index contributed by atoms with van der Waals surface area (Å²) in [5.74, 6) is -0.980. The number of carbonyl (C=O) groups excluding carboxylic acids is 3. The van der Waals surface area contributed by atoms with Crippen molar-refractivity contribution in [1.82, 2.24) is 10.3 Å². The molecule has 0 aliphatic carbocycles. The van der Waals surface area contributed by atoms with Gasteiger partial charge >= 0.3 is 5.97 Å². The highest BCUT2D eigenvalue weighted by atomic mass is 32.1. The van der Waals surface area contributed by atoms with Crippen LogP contribution in [0, 0.1) is 0 Å². The molecule has 0 aromatic carbocycles. The lowest BCUT2D eigenvalue weighted by molar-refractivity contribution is -0.119. The van der Waals surface area contributed by atoms with E-state index in [4.69, 9.17) is 0 Å². The Kier molecular flexibility index (Phi) is 4.33. The number of nitrogens with one attached hydrogen (secondary N) is 1. The predicted octanol–water partition coefficient (Wildman–Crippen LogP) is 0.459. The standard InChI is InChI=1S/C12H15N3O4S/c1-7(16)10-9(11(18)19-2)14-12(20-10)15-5-3-4-13-8(17)6-15/h3-6H2,1-2H3,(H,13,17). The fourth-order valence-electron chi connectivity index (χ4n) is 1.89. The Balaban J connectivity index is 2.34.